The van der Waals surface area contributed by atoms with Gasteiger partial charge < -0.3 is 0 Å². The number of hydrogen-bond acceptors (Lipinski definition) is 1. The van der Waals surface area contributed by atoms with Crippen LogP contribution in [0.15, 0.2) is 36.7 Å². The van der Waals surface area contributed by atoms with Crippen molar-refractivity contribution >= 4 is 23.2 Å². The molecule has 1 heterocycles. The molecule has 0 saturated heterocycles. The molecule has 2 aromatic rings. The molecular weight excluding hydrogens is 236 g/mol. The van der Waals surface area contributed by atoms with Gasteiger partial charge in [-0.2, -0.15) is 0 Å². The highest BCUT2D eigenvalue weighted by Gasteiger charge is 2.12. The van der Waals surface area contributed by atoms with Crippen LogP contribution in [0.2, 0.25) is 10.0 Å². The second-order valence-corrected chi connectivity index (χ2v) is 3.77. The van der Waals surface area contributed by atoms with Crippen LogP contribution in [0.25, 0.3) is 11.1 Å². The fraction of sp³-hybridized carbons (Fsp3) is 0. The Morgan fingerprint density at radius 1 is 1.00 bits per heavy atom. The zero-order chi connectivity index (χ0) is 10.8. The van der Waals surface area contributed by atoms with E-state index < -0.39 is 0 Å². The zero-order valence-corrected chi connectivity index (χ0v) is 9.06. The predicted molar refractivity (Wildman–Crippen MR) is 59.7 cm³/mol. The number of aromatic nitrogens is 1. The van der Waals surface area contributed by atoms with Crippen molar-refractivity contribution in [3.05, 3.63) is 52.5 Å². The molecule has 0 amide bonds. The molecule has 4 heteroatoms. The van der Waals surface area contributed by atoms with Gasteiger partial charge >= 0.3 is 0 Å². The van der Waals surface area contributed by atoms with Crippen LogP contribution in [0.4, 0.5) is 4.39 Å². The molecule has 0 radical (unpaired) electrons. The fourth-order valence-corrected chi connectivity index (χ4v) is 1.90. The van der Waals surface area contributed by atoms with Crippen LogP contribution in [0.3, 0.4) is 0 Å². The summed E-state index contributed by atoms with van der Waals surface area (Å²) in [7, 11) is 0. The van der Waals surface area contributed by atoms with Gasteiger partial charge in [0.2, 0.25) is 0 Å². The summed E-state index contributed by atoms with van der Waals surface area (Å²) in [6, 6.07) is 6.33. The molecule has 0 N–H and O–H groups in total. The van der Waals surface area contributed by atoms with Gasteiger partial charge in [0.15, 0.2) is 0 Å². The first kappa shape index (κ1) is 10.4. The van der Waals surface area contributed by atoms with Crippen molar-refractivity contribution in [1.29, 1.82) is 0 Å². The lowest BCUT2D eigenvalue weighted by Gasteiger charge is -2.06. The average Bonchev–Trinajstić information content (AvgIpc) is 2.20. The normalized spacial score (nSPS) is 10.3. The molecule has 0 bridgehead atoms. The van der Waals surface area contributed by atoms with E-state index in [0.29, 0.717) is 21.2 Å². The van der Waals surface area contributed by atoms with E-state index >= 15 is 0 Å². The van der Waals surface area contributed by atoms with Crippen molar-refractivity contribution in [3.8, 4) is 11.1 Å². The van der Waals surface area contributed by atoms with Crippen molar-refractivity contribution in [2.75, 3.05) is 0 Å². The highest BCUT2D eigenvalue weighted by Crippen LogP contribution is 2.34. The van der Waals surface area contributed by atoms with E-state index in [2.05, 4.69) is 4.98 Å². The minimum Gasteiger partial charge on any atom is -0.262 e. The monoisotopic (exact) mass is 241 g/mol. The molecule has 76 valence electrons. The van der Waals surface area contributed by atoms with Gasteiger partial charge in [-0.25, -0.2) is 4.39 Å². The average molecular weight is 242 g/mol. The third kappa shape index (κ3) is 1.96. The molecule has 1 aromatic carbocycles. The highest BCUT2D eigenvalue weighted by atomic mass is 35.5. The molecule has 0 atom stereocenters. The number of halogens is 3. The van der Waals surface area contributed by atoms with Crippen LogP contribution in [0, 0.1) is 5.82 Å². The van der Waals surface area contributed by atoms with Crippen molar-refractivity contribution in [2.45, 2.75) is 0 Å². The van der Waals surface area contributed by atoms with Crippen LogP contribution in [-0.2, 0) is 0 Å². The third-order valence-electron chi connectivity index (χ3n) is 2.00. The second kappa shape index (κ2) is 4.17. The van der Waals surface area contributed by atoms with Crippen LogP contribution in [-0.4, -0.2) is 4.98 Å². The highest BCUT2D eigenvalue weighted by molar-refractivity contribution is 6.38. The van der Waals surface area contributed by atoms with E-state index in [9.17, 15) is 4.39 Å². The summed E-state index contributed by atoms with van der Waals surface area (Å²) >= 11 is 11.8. The Morgan fingerprint density at radius 3 is 2.20 bits per heavy atom. The first-order valence-electron chi connectivity index (χ1n) is 4.24. The van der Waals surface area contributed by atoms with Gasteiger partial charge in [-0.05, 0) is 6.07 Å². The first-order chi connectivity index (χ1) is 7.20. The number of hydrogen-bond donors (Lipinski definition) is 0. The van der Waals surface area contributed by atoms with Gasteiger partial charge in [-0.15, -0.1) is 0 Å². The molecule has 0 unspecified atom stereocenters. The van der Waals surface area contributed by atoms with E-state index in [1.54, 1.807) is 18.2 Å². The van der Waals surface area contributed by atoms with E-state index in [1.165, 1.54) is 18.5 Å². The van der Waals surface area contributed by atoms with Crippen LogP contribution in [0.5, 0.6) is 0 Å². The zero-order valence-electron chi connectivity index (χ0n) is 7.55. The number of benzene rings is 1. The number of nitrogens with zero attached hydrogens (tertiary/aromatic N) is 1. The minimum atomic E-state index is -0.354. The summed E-state index contributed by atoms with van der Waals surface area (Å²) < 4.78 is 13.5. The molecule has 2 rings (SSSR count). The molecule has 0 fully saturated rings. The largest absolute Gasteiger partial charge is 0.262 e. The lowest BCUT2D eigenvalue weighted by molar-refractivity contribution is 0.631. The van der Waals surface area contributed by atoms with Crippen molar-refractivity contribution in [1.82, 2.24) is 4.98 Å². The van der Waals surface area contributed by atoms with Gasteiger partial charge in [0.25, 0.3) is 0 Å². The van der Waals surface area contributed by atoms with Crippen LogP contribution < -0.4 is 0 Å². The van der Waals surface area contributed by atoms with Crippen LogP contribution >= 0.6 is 23.2 Å². The maximum Gasteiger partial charge on any atom is 0.131 e. The smallest absolute Gasteiger partial charge is 0.131 e. The molecule has 1 aromatic heterocycles. The van der Waals surface area contributed by atoms with Crippen LogP contribution in [0.1, 0.15) is 0 Å². The summed E-state index contributed by atoms with van der Waals surface area (Å²) in [5.41, 5.74) is 0.862. The van der Waals surface area contributed by atoms with Gasteiger partial charge in [0.05, 0.1) is 10.0 Å². The lowest BCUT2D eigenvalue weighted by atomic mass is 10.1. The molecule has 0 spiro atoms. The van der Waals surface area contributed by atoms with Gasteiger partial charge in [-0.1, -0.05) is 41.4 Å². The SMILES string of the molecule is Fc1ccccc1-c1c(Cl)cncc1Cl. The topological polar surface area (TPSA) is 12.9 Å². The number of rotatable bonds is 1. The molecule has 0 aliphatic rings. The maximum atomic E-state index is 13.5. The molecule has 15 heavy (non-hydrogen) atoms. The molecule has 0 aliphatic carbocycles. The first-order valence-corrected chi connectivity index (χ1v) is 4.99. The quantitative estimate of drug-likeness (QED) is 0.730. The molecule has 0 aliphatic heterocycles. The lowest BCUT2D eigenvalue weighted by Crippen LogP contribution is -1.87. The van der Waals surface area contributed by atoms with E-state index in [0.717, 1.165) is 0 Å². The van der Waals surface area contributed by atoms with Crippen molar-refractivity contribution in [2.24, 2.45) is 0 Å². The predicted octanol–water partition coefficient (Wildman–Crippen LogP) is 4.19. The summed E-state index contributed by atoms with van der Waals surface area (Å²) in [6.45, 7) is 0. The minimum absolute atomic E-state index is 0.340. The molecular formula is C11H6Cl2FN. The standard InChI is InChI=1S/C11H6Cl2FN/c12-8-5-15-6-9(13)11(8)7-3-1-2-4-10(7)14/h1-6H. The van der Waals surface area contributed by atoms with Crippen molar-refractivity contribution in [3.63, 3.8) is 0 Å². The fourth-order valence-electron chi connectivity index (χ4n) is 1.33. The summed E-state index contributed by atoms with van der Waals surface area (Å²) in [5.74, 6) is -0.354. The Morgan fingerprint density at radius 2 is 1.60 bits per heavy atom. The van der Waals surface area contributed by atoms with Gasteiger partial charge in [-0.3, -0.25) is 4.98 Å². The Hall–Kier alpha value is -1.12. The second-order valence-electron chi connectivity index (χ2n) is 2.96. The Kier molecular flexibility index (Phi) is 2.89. The Labute approximate surface area is 96.5 Å². The summed E-state index contributed by atoms with van der Waals surface area (Å²) in [4.78, 5) is 3.81. The molecule has 1 nitrogen and oxygen atoms in total. The van der Waals surface area contributed by atoms with Gasteiger partial charge in [0, 0.05) is 23.5 Å². The summed E-state index contributed by atoms with van der Waals surface area (Å²) in [6.07, 6.45) is 2.88. The molecule has 0 saturated carbocycles. The number of pyridine rings is 1. The van der Waals surface area contributed by atoms with E-state index in [-0.39, 0.29) is 5.82 Å². The third-order valence-corrected chi connectivity index (χ3v) is 2.57. The Bertz CT molecular complexity index is 479. The van der Waals surface area contributed by atoms with E-state index in [1.807, 2.05) is 0 Å². The van der Waals surface area contributed by atoms with Crippen molar-refractivity contribution < 1.29 is 4.39 Å². The summed E-state index contributed by atoms with van der Waals surface area (Å²) in [5, 5.41) is 0.681. The Balaban J connectivity index is 2.69. The van der Waals surface area contributed by atoms with Gasteiger partial charge in [0.1, 0.15) is 5.82 Å². The van der Waals surface area contributed by atoms with E-state index in [4.69, 9.17) is 23.2 Å². The maximum absolute atomic E-state index is 13.5.